The van der Waals surface area contributed by atoms with Crippen molar-refractivity contribution in [3.63, 3.8) is 0 Å². The fourth-order valence-corrected chi connectivity index (χ4v) is 5.12. The SMILES string of the molecule is COc1c2n(cc(C(=O)O)c1=O)CC1N3CCCCCCCCC(CC3)N1C2=O. The molecule has 3 unspecified atom stereocenters. The highest BCUT2D eigenvalue weighted by Crippen LogP contribution is 2.33. The summed E-state index contributed by atoms with van der Waals surface area (Å²) in [6.07, 6.45) is 10.2. The number of hydrogen-bond donors (Lipinski definition) is 1. The van der Waals surface area contributed by atoms with E-state index in [0.29, 0.717) is 6.54 Å². The van der Waals surface area contributed by atoms with Gasteiger partial charge in [-0.1, -0.05) is 32.1 Å². The first-order valence-electron chi connectivity index (χ1n) is 10.6. The van der Waals surface area contributed by atoms with Gasteiger partial charge in [0.25, 0.3) is 5.91 Å². The lowest BCUT2D eigenvalue weighted by molar-refractivity contribution is -0.0400. The molecule has 2 fully saturated rings. The number of pyridine rings is 1. The Balaban J connectivity index is 1.79. The summed E-state index contributed by atoms with van der Waals surface area (Å²) >= 11 is 0. The van der Waals surface area contributed by atoms with Crippen molar-refractivity contribution in [1.82, 2.24) is 14.4 Å². The molecular formula is C21H29N3O5. The van der Waals surface area contributed by atoms with Crippen molar-refractivity contribution in [1.29, 1.82) is 0 Å². The monoisotopic (exact) mass is 403 g/mol. The van der Waals surface area contributed by atoms with E-state index in [1.54, 1.807) is 4.57 Å². The van der Waals surface area contributed by atoms with Crippen LogP contribution in [0, 0.1) is 0 Å². The van der Waals surface area contributed by atoms with Crippen LogP contribution in [0.1, 0.15) is 72.2 Å². The van der Waals surface area contributed by atoms with E-state index in [4.69, 9.17) is 4.74 Å². The summed E-state index contributed by atoms with van der Waals surface area (Å²) in [4.78, 5) is 42.0. The maximum Gasteiger partial charge on any atom is 0.341 e. The first-order chi connectivity index (χ1) is 14.0. The van der Waals surface area contributed by atoms with Gasteiger partial charge < -0.3 is 19.3 Å². The Morgan fingerprint density at radius 2 is 1.79 bits per heavy atom. The Morgan fingerprint density at radius 3 is 2.52 bits per heavy atom. The molecule has 4 rings (SSSR count). The highest BCUT2D eigenvalue weighted by molar-refractivity contribution is 5.98. The van der Waals surface area contributed by atoms with Crippen molar-refractivity contribution in [2.24, 2.45) is 0 Å². The second kappa shape index (κ2) is 8.18. The van der Waals surface area contributed by atoms with E-state index < -0.39 is 11.4 Å². The topological polar surface area (TPSA) is 92.1 Å². The third-order valence-corrected chi connectivity index (χ3v) is 6.59. The Labute approximate surface area is 170 Å². The Morgan fingerprint density at radius 1 is 1.07 bits per heavy atom. The number of carboxylic acid groups (broad SMARTS) is 1. The molecule has 1 aromatic rings. The molecule has 1 aromatic heterocycles. The average molecular weight is 403 g/mol. The lowest BCUT2D eigenvalue weighted by Crippen LogP contribution is -2.64. The zero-order valence-electron chi connectivity index (χ0n) is 16.9. The van der Waals surface area contributed by atoms with Crippen LogP contribution in [0.5, 0.6) is 5.75 Å². The number of ether oxygens (including phenoxy) is 1. The van der Waals surface area contributed by atoms with Crippen LogP contribution in [-0.2, 0) is 6.54 Å². The smallest absolute Gasteiger partial charge is 0.341 e. The number of aromatic nitrogens is 1. The molecule has 4 heterocycles. The van der Waals surface area contributed by atoms with Gasteiger partial charge in [0.15, 0.2) is 11.4 Å². The van der Waals surface area contributed by atoms with Crippen LogP contribution < -0.4 is 10.2 Å². The molecule has 3 atom stereocenters. The van der Waals surface area contributed by atoms with E-state index in [0.717, 1.165) is 38.8 Å². The lowest BCUT2D eigenvalue weighted by Gasteiger charge is -2.51. The summed E-state index contributed by atoms with van der Waals surface area (Å²) < 4.78 is 6.86. The molecule has 1 amide bonds. The fourth-order valence-electron chi connectivity index (χ4n) is 5.12. The summed E-state index contributed by atoms with van der Waals surface area (Å²) in [5, 5.41) is 9.42. The van der Waals surface area contributed by atoms with E-state index in [9.17, 15) is 19.5 Å². The van der Waals surface area contributed by atoms with Gasteiger partial charge in [-0.25, -0.2) is 4.79 Å². The molecule has 1 N–H and O–H groups in total. The van der Waals surface area contributed by atoms with E-state index in [-0.39, 0.29) is 35.1 Å². The van der Waals surface area contributed by atoms with Crippen LogP contribution in [0.25, 0.3) is 0 Å². The molecule has 0 saturated carbocycles. The maximum absolute atomic E-state index is 13.6. The van der Waals surface area contributed by atoms with Crippen LogP contribution in [-0.4, -0.2) is 63.8 Å². The first kappa shape index (κ1) is 19.9. The number of hydrogen-bond acceptors (Lipinski definition) is 5. The zero-order chi connectivity index (χ0) is 20.5. The summed E-state index contributed by atoms with van der Waals surface area (Å²) in [6.45, 7) is 2.33. The molecule has 3 aliphatic rings. The van der Waals surface area contributed by atoms with Crippen LogP contribution in [0.4, 0.5) is 0 Å². The number of methoxy groups -OCH3 is 1. The molecule has 29 heavy (non-hydrogen) atoms. The molecule has 158 valence electrons. The van der Waals surface area contributed by atoms with Crippen LogP contribution >= 0.6 is 0 Å². The van der Waals surface area contributed by atoms with Crippen molar-refractivity contribution >= 4 is 11.9 Å². The Bertz CT molecular complexity index is 861. The van der Waals surface area contributed by atoms with Crippen LogP contribution in [0.15, 0.2) is 11.0 Å². The molecule has 8 nitrogen and oxygen atoms in total. The minimum Gasteiger partial charge on any atom is -0.491 e. The van der Waals surface area contributed by atoms with Crippen LogP contribution in [0.3, 0.4) is 0 Å². The van der Waals surface area contributed by atoms with Gasteiger partial charge in [0.05, 0.1) is 13.7 Å². The highest BCUT2D eigenvalue weighted by atomic mass is 16.5. The number of fused-ring (bicyclic) bond motifs is 1. The van der Waals surface area contributed by atoms with Gasteiger partial charge >= 0.3 is 5.97 Å². The number of rotatable bonds is 2. The third kappa shape index (κ3) is 3.54. The second-order valence-electron chi connectivity index (χ2n) is 8.29. The van der Waals surface area contributed by atoms with Gasteiger partial charge in [-0.3, -0.25) is 14.5 Å². The van der Waals surface area contributed by atoms with Gasteiger partial charge in [-0.2, -0.15) is 0 Å². The Hall–Kier alpha value is -2.35. The van der Waals surface area contributed by atoms with Gasteiger partial charge in [0.1, 0.15) is 11.7 Å². The molecule has 0 aromatic carbocycles. The highest BCUT2D eigenvalue weighted by Gasteiger charge is 2.44. The molecule has 0 spiro atoms. The number of carboxylic acids is 1. The number of carbonyl (C=O) groups excluding carboxylic acids is 1. The normalized spacial score (nSPS) is 27.4. The second-order valence-corrected chi connectivity index (χ2v) is 8.29. The number of amides is 1. The lowest BCUT2D eigenvalue weighted by atomic mass is 9.95. The van der Waals surface area contributed by atoms with E-state index in [2.05, 4.69) is 4.90 Å². The predicted octanol–water partition coefficient (Wildman–Crippen LogP) is 2.16. The van der Waals surface area contributed by atoms with Gasteiger partial charge in [0, 0.05) is 25.3 Å². The third-order valence-electron chi connectivity index (χ3n) is 6.59. The van der Waals surface area contributed by atoms with Crippen molar-refractivity contribution in [2.45, 2.75) is 70.1 Å². The number of nitrogens with zero attached hydrogens (tertiary/aromatic N) is 3. The molecule has 0 aliphatic carbocycles. The van der Waals surface area contributed by atoms with Crippen molar-refractivity contribution < 1.29 is 19.4 Å². The first-order valence-corrected chi connectivity index (χ1v) is 10.6. The molecule has 8 heteroatoms. The molecule has 3 aliphatic heterocycles. The summed E-state index contributed by atoms with van der Waals surface area (Å²) in [5.41, 5.74) is -0.921. The van der Waals surface area contributed by atoms with Crippen molar-refractivity contribution in [3.05, 3.63) is 27.7 Å². The molecular weight excluding hydrogens is 374 g/mol. The minimum atomic E-state index is -1.31. The van der Waals surface area contributed by atoms with E-state index >= 15 is 0 Å². The largest absolute Gasteiger partial charge is 0.491 e. The van der Waals surface area contributed by atoms with Gasteiger partial charge in [-0.15, -0.1) is 0 Å². The summed E-state index contributed by atoms with van der Waals surface area (Å²) in [7, 11) is 1.31. The number of aromatic carboxylic acids is 1. The molecule has 2 bridgehead atoms. The van der Waals surface area contributed by atoms with Gasteiger partial charge in [0.2, 0.25) is 5.43 Å². The standard InChI is InChI=1S/C21H29N3O5/c1-29-19-17-20(26)24-14-8-6-4-2-3-5-7-10-22(11-9-14)16(24)13-23(17)12-15(18(19)25)21(27)28/h12,14,16H,2-11,13H2,1H3,(H,27,28). The predicted molar refractivity (Wildman–Crippen MR) is 106 cm³/mol. The van der Waals surface area contributed by atoms with Crippen molar-refractivity contribution in [3.8, 4) is 5.75 Å². The maximum atomic E-state index is 13.6. The zero-order valence-corrected chi connectivity index (χ0v) is 16.9. The van der Waals surface area contributed by atoms with E-state index in [1.165, 1.54) is 39.0 Å². The average Bonchev–Trinajstić information content (AvgIpc) is 2.68. The summed E-state index contributed by atoms with van der Waals surface area (Å²) in [5.74, 6) is -1.69. The molecule has 2 saturated heterocycles. The summed E-state index contributed by atoms with van der Waals surface area (Å²) in [6, 6.07) is 0.149. The molecule has 0 radical (unpaired) electrons. The number of carbonyl (C=O) groups is 2. The quantitative estimate of drug-likeness (QED) is 0.814. The minimum absolute atomic E-state index is 0.109. The fraction of sp³-hybridized carbons (Fsp3) is 0.667. The van der Waals surface area contributed by atoms with Crippen molar-refractivity contribution in [2.75, 3.05) is 20.2 Å². The van der Waals surface area contributed by atoms with Crippen LogP contribution in [0.2, 0.25) is 0 Å². The Kier molecular flexibility index (Phi) is 5.63. The van der Waals surface area contributed by atoms with Gasteiger partial charge in [-0.05, 0) is 19.3 Å². The van der Waals surface area contributed by atoms with E-state index in [1.807, 2.05) is 4.90 Å².